The Morgan fingerprint density at radius 1 is 0.962 bits per heavy atom. The van der Waals surface area contributed by atoms with Gasteiger partial charge in [-0.05, 0) is 53.3 Å². The van der Waals surface area contributed by atoms with E-state index in [0.29, 0.717) is 12.1 Å². The first-order chi connectivity index (χ1) is 12.7. The molecular formula is C21H18N2O2S. The van der Waals surface area contributed by atoms with E-state index in [1.807, 2.05) is 58.8 Å². The number of anilines is 1. The molecule has 0 radical (unpaired) electrons. The number of benzene rings is 2. The van der Waals surface area contributed by atoms with Crippen molar-refractivity contribution in [2.45, 2.75) is 13.0 Å². The molecule has 0 spiro atoms. The van der Waals surface area contributed by atoms with Gasteiger partial charge < -0.3 is 10.2 Å². The molecule has 2 amide bonds. The maximum absolute atomic E-state index is 12.6. The first kappa shape index (κ1) is 16.5. The quantitative estimate of drug-likeness (QED) is 0.759. The van der Waals surface area contributed by atoms with Crippen molar-refractivity contribution in [3.05, 3.63) is 87.6 Å². The number of carbonyl (C=O) groups is 2. The topological polar surface area (TPSA) is 49.4 Å². The molecule has 0 saturated heterocycles. The van der Waals surface area contributed by atoms with E-state index >= 15 is 0 Å². The summed E-state index contributed by atoms with van der Waals surface area (Å²) in [5, 5.41) is 4.86. The van der Waals surface area contributed by atoms with E-state index in [1.54, 1.807) is 12.1 Å². The first-order valence-corrected chi connectivity index (χ1v) is 9.39. The zero-order valence-corrected chi connectivity index (χ0v) is 15.0. The molecule has 1 aliphatic heterocycles. The molecular weight excluding hydrogens is 344 g/mol. The number of hydrogen-bond acceptors (Lipinski definition) is 3. The van der Waals surface area contributed by atoms with Gasteiger partial charge in [-0.2, -0.15) is 0 Å². The molecule has 0 aliphatic carbocycles. The molecule has 0 saturated carbocycles. The van der Waals surface area contributed by atoms with Crippen LogP contribution in [0.2, 0.25) is 0 Å². The third kappa shape index (κ3) is 3.39. The van der Waals surface area contributed by atoms with E-state index in [4.69, 9.17) is 0 Å². The van der Waals surface area contributed by atoms with Gasteiger partial charge >= 0.3 is 0 Å². The lowest BCUT2D eigenvalue weighted by atomic mass is 9.98. The number of nitrogens with zero attached hydrogens (tertiary/aromatic N) is 1. The van der Waals surface area contributed by atoms with Crippen LogP contribution in [-0.4, -0.2) is 23.3 Å². The summed E-state index contributed by atoms with van der Waals surface area (Å²) >= 11 is 1.47. The van der Waals surface area contributed by atoms with Gasteiger partial charge in [-0.15, -0.1) is 11.3 Å². The molecule has 1 aromatic heterocycles. The van der Waals surface area contributed by atoms with Crippen LogP contribution in [0.4, 0.5) is 5.69 Å². The molecule has 0 atom stereocenters. The lowest BCUT2D eigenvalue weighted by Gasteiger charge is -2.29. The summed E-state index contributed by atoms with van der Waals surface area (Å²) in [5.41, 5.74) is 3.70. The molecule has 26 heavy (non-hydrogen) atoms. The van der Waals surface area contributed by atoms with Gasteiger partial charge in [0.2, 0.25) is 0 Å². The Hall–Kier alpha value is -2.92. The molecule has 0 bridgehead atoms. The van der Waals surface area contributed by atoms with Crippen LogP contribution in [0, 0.1) is 0 Å². The molecule has 4 rings (SSSR count). The summed E-state index contributed by atoms with van der Waals surface area (Å²) in [6, 6.07) is 18.8. The first-order valence-electron chi connectivity index (χ1n) is 8.52. The van der Waals surface area contributed by atoms with Gasteiger partial charge in [-0.1, -0.05) is 30.3 Å². The maximum Gasteiger partial charge on any atom is 0.264 e. The van der Waals surface area contributed by atoms with E-state index in [-0.39, 0.29) is 11.8 Å². The minimum absolute atomic E-state index is 0.0735. The molecule has 1 N–H and O–H groups in total. The zero-order valence-electron chi connectivity index (χ0n) is 14.1. The van der Waals surface area contributed by atoms with Crippen LogP contribution in [0.1, 0.15) is 31.2 Å². The second kappa shape index (κ2) is 7.14. The van der Waals surface area contributed by atoms with Crippen LogP contribution < -0.4 is 5.32 Å². The lowest BCUT2D eigenvalue weighted by molar-refractivity contribution is 0.0739. The van der Waals surface area contributed by atoms with Crippen LogP contribution in [-0.2, 0) is 13.0 Å². The number of carbonyl (C=O) groups excluding carboxylic acids is 2. The molecule has 2 aromatic carbocycles. The normalized spacial score (nSPS) is 13.2. The largest absolute Gasteiger partial charge is 0.333 e. The van der Waals surface area contributed by atoms with Gasteiger partial charge in [0.15, 0.2) is 0 Å². The Morgan fingerprint density at radius 3 is 2.58 bits per heavy atom. The van der Waals surface area contributed by atoms with Gasteiger partial charge in [-0.3, -0.25) is 9.59 Å². The number of amides is 2. The predicted octanol–water partition coefficient (Wildman–Crippen LogP) is 4.20. The fourth-order valence-electron chi connectivity index (χ4n) is 3.16. The lowest BCUT2D eigenvalue weighted by Crippen LogP contribution is -2.35. The summed E-state index contributed by atoms with van der Waals surface area (Å²) in [7, 11) is 0. The molecule has 0 fully saturated rings. The number of hydrogen-bond donors (Lipinski definition) is 1. The van der Waals surface area contributed by atoms with E-state index in [0.717, 1.165) is 29.1 Å². The van der Waals surface area contributed by atoms with Gasteiger partial charge in [0.25, 0.3) is 11.8 Å². The van der Waals surface area contributed by atoms with Gasteiger partial charge in [-0.25, -0.2) is 0 Å². The van der Waals surface area contributed by atoms with Crippen molar-refractivity contribution in [2.24, 2.45) is 0 Å². The molecule has 1 aliphatic rings. The molecule has 5 heteroatoms. The number of nitrogens with one attached hydrogen (secondary N) is 1. The second-order valence-corrected chi connectivity index (χ2v) is 7.21. The highest BCUT2D eigenvalue weighted by Gasteiger charge is 2.22. The Kier molecular flexibility index (Phi) is 4.54. The third-order valence-electron chi connectivity index (χ3n) is 4.53. The standard InChI is InChI=1S/C21H18N2O2S/c24-20(16-5-2-1-3-6-16)22-18-9-8-15-10-11-23(14-17(15)13-18)21(25)19-7-4-12-26-19/h1-9,12-13H,10-11,14H2,(H,22,24). The number of rotatable bonds is 3. The minimum atomic E-state index is -0.132. The summed E-state index contributed by atoms with van der Waals surface area (Å²) in [5.74, 6) is -0.0581. The SMILES string of the molecule is O=C(Nc1ccc2c(c1)CN(C(=O)c1cccs1)CC2)c1ccccc1. The average Bonchev–Trinajstić information content (AvgIpc) is 3.22. The number of thiophene rings is 1. The summed E-state index contributed by atoms with van der Waals surface area (Å²) in [6.45, 7) is 1.29. The highest BCUT2D eigenvalue weighted by molar-refractivity contribution is 7.12. The van der Waals surface area contributed by atoms with E-state index in [1.165, 1.54) is 16.9 Å². The fraction of sp³-hybridized carbons (Fsp3) is 0.143. The maximum atomic E-state index is 12.6. The Bertz CT molecular complexity index is 936. The van der Waals surface area contributed by atoms with Crippen molar-refractivity contribution < 1.29 is 9.59 Å². The Balaban J connectivity index is 1.51. The smallest absolute Gasteiger partial charge is 0.264 e. The zero-order chi connectivity index (χ0) is 17.9. The van der Waals surface area contributed by atoms with E-state index in [9.17, 15) is 9.59 Å². The second-order valence-electron chi connectivity index (χ2n) is 6.26. The Morgan fingerprint density at radius 2 is 1.81 bits per heavy atom. The highest BCUT2D eigenvalue weighted by atomic mass is 32.1. The van der Waals surface area contributed by atoms with E-state index < -0.39 is 0 Å². The van der Waals surface area contributed by atoms with Crippen LogP contribution in [0.3, 0.4) is 0 Å². The molecule has 130 valence electrons. The Labute approximate surface area is 156 Å². The van der Waals surface area contributed by atoms with Gasteiger partial charge in [0.05, 0.1) is 4.88 Å². The predicted molar refractivity (Wildman–Crippen MR) is 104 cm³/mol. The minimum Gasteiger partial charge on any atom is -0.333 e. The summed E-state index contributed by atoms with van der Waals surface area (Å²) < 4.78 is 0. The summed E-state index contributed by atoms with van der Waals surface area (Å²) in [4.78, 5) is 27.6. The molecule has 3 aromatic rings. The van der Waals surface area contributed by atoms with Crippen LogP contribution >= 0.6 is 11.3 Å². The van der Waals surface area contributed by atoms with Crippen LogP contribution in [0.15, 0.2) is 66.0 Å². The third-order valence-corrected chi connectivity index (χ3v) is 5.39. The van der Waals surface area contributed by atoms with Crippen molar-refractivity contribution in [3.63, 3.8) is 0 Å². The highest BCUT2D eigenvalue weighted by Crippen LogP contribution is 2.25. The van der Waals surface area contributed by atoms with Crippen molar-refractivity contribution in [2.75, 3.05) is 11.9 Å². The van der Waals surface area contributed by atoms with Crippen molar-refractivity contribution >= 4 is 28.8 Å². The summed E-state index contributed by atoms with van der Waals surface area (Å²) in [6.07, 6.45) is 0.833. The monoisotopic (exact) mass is 362 g/mol. The van der Waals surface area contributed by atoms with Gasteiger partial charge in [0, 0.05) is 24.3 Å². The van der Waals surface area contributed by atoms with Crippen molar-refractivity contribution in [1.82, 2.24) is 4.90 Å². The fourth-order valence-corrected chi connectivity index (χ4v) is 3.85. The van der Waals surface area contributed by atoms with Crippen molar-refractivity contribution in [1.29, 1.82) is 0 Å². The average molecular weight is 362 g/mol. The number of fused-ring (bicyclic) bond motifs is 1. The molecule has 4 nitrogen and oxygen atoms in total. The van der Waals surface area contributed by atoms with Gasteiger partial charge in [0.1, 0.15) is 0 Å². The van der Waals surface area contributed by atoms with Crippen molar-refractivity contribution in [3.8, 4) is 0 Å². The molecule has 0 unspecified atom stereocenters. The van der Waals surface area contributed by atoms with E-state index in [2.05, 4.69) is 5.32 Å². The molecule has 2 heterocycles. The van der Waals surface area contributed by atoms with Crippen LogP contribution in [0.25, 0.3) is 0 Å². The van der Waals surface area contributed by atoms with Crippen LogP contribution in [0.5, 0.6) is 0 Å².